The van der Waals surface area contributed by atoms with Crippen LogP contribution in [-0.2, 0) is 0 Å². The van der Waals surface area contributed by atoms with Gasteiger partial charge in [0.1, 0.15) is 0 Å². The molecular weight excluding hydrogens is 190 g/mol. The van der Waals surface area contributed by atoms with E-state index in [-0.39, 0.29) is 17.1 Å². The van der Waals surface area contributed by atoms with Crippen LogP contribution in [0.2, 0.25) is 0 Å². The zero-order valence-electron chi connectivity index (χ0n) is 10.4. The zero-order valence-corrected chi connectivity index (χ0v) is 10.4. The van der Waals surface area contributed by atoms with Gasteiger partial charge in [0, 0.05) is 39.3 Å². The van der Waals surface area contributed by atoms with Crippen molar-refractivity contribution in [2.24, 2.45) is 0 Å². The summed E-state index contributed by atoms with van der Waals surface area (Å²) in [5.74, 6) is 0. The maximum Gasteiger partial charge on any atom is 0.320 e. The SMILES string of the molecule is CN1CC2(CN(C(C)(C)C)C2)N(C)C1=O. The summed E-state index contributed by atoms with van der Waals surface area (Å²) in [5, 5.41) is 0. The summed E-state index contributed by atoms with van der Waals surface area (Å²) in [5.41, 5.74) is 0.301. The number of amides is 2. The van der Waals surface area contributed by atoms with E-state index in [0.717, 1.165) is 19.6 Å². The molecule has 4 heteroatoms. The van der Waals surface area contributed by atoms with E-state index in [1.165, 1.54) is 0 Å². The van der Waals surface area contributed by atoms with E-state index in [2.05, 4.69) is 25.7 Å². The molecule has 0 aromatic heterocycles. The van der Waals surface area contributed by atoms with Crippen molar-refractivity contribution < 1.29 is 4.79 Å². The van der Waals surface area contributed by atoms with Crippen LogP contribution in [0.15, 0.2) is 0 Å². The lowest BCUT2D eigenvalue weighted by Gasteiger charge is -2.55. The molecule has 2 amide bonds. The molecule has 0 radical (unpaired) electrons. The van der Waals surface area contributed by atoms with E-state index in [4.69, 9.17) is 0 Å². The molecule has 86 valence electrons. The van der Waals surface area contributed by atoms with E-state index in [0.29, 0.717) is 0 Å². The standard InChI is InChI=1S/C11H21N3O/c1-10(2,3)14-7-11(8-14)6-12(4)9(15)13(11)5/h6-8H2,1-5H3. The van der Waals surface area contributed by atoms with Crippen LogP contribution in [0.3, 0.4) is 0 Å². The summed E-state index contributed by atoms with van der Waals surface area (Å²) < 4.78 is 0. The largest absolute Gasteiger partial charge is 0.325 e. The fourth-order valence-corrected chi connectivity index (χ4v) is 2.52. The molecule has 0 atom stereocenters. The first-order chi connectivity index (χ1) is 6.76. The van der Waals surface area contributed by atoms with Crippen LogP contribution in [0.4, 0.5) is 4.79 Å². The van der Waals surface area contributed by atoms with Crippen LogP contribution in [-0.4, -0.2) is 65.5 Å². The van der Waals surface area contributed by atoms with Crippen molar-refractivity contribution in [2.75, 3.05) is 33.7 Å². The Morgan fingerprint density at radius 3 is 2.00 bits per heavy atom. The highest BCUT2D eigenvalue weighted by Gasteiger charge is 2.55. The molecule has 2 fully saturated rings. The van der Waals surface area contributed by atoms with Gasteiger partial charge in [0.15, 0.2) is 0 Å². The molecule has 2 saturated heterocycles. The van der Waals surface area contributed by atoms with Gasteiger partial charge in [0.05, 0.1) is 5.54 Å². The van der Waals surface area contributed by atoms with Crippen LogP contribution >= 0.6 is 0 Å². The quantitative estimate of drug-likeness (QED) is 0.593. The molecule has 2 aliphatic heterocycles. The van der Waals surface area contributed by atoms with Gasteiger partial charge >= 0.3 is 6.03 Å². The van der Waals surface area contributed by atoms with E-state index in [1.807, 2.05) is 23.9 Å². The molecule has 15 heavy (non-hydrogen) atoms. The third kappa shape index (κ3) is 1.42. The second kappa shape index (κ2) is 2.88. The predicted octanol–water partition coefficient (Wildman–Crippen LogP) is 0.836. The maximum atomic E-state index is 11.7. The molecule has 0 aromatic carbocycles. The van der Waals surface area contributed by atoms with Crippen molar-refractivity contribution in [3.8, 4) is 0 Å². The van der Waals surface area contributed by atoms with Crippen molar-refractivity contribution in [3.63, 3.8) is 0 Å². The molecule has 2 aliphatic rings. The van der Waals surface area contributed by atoms with Gasteiger partial charge < -0.3 is 9.80 Å². The van der Waals surface area contributed by atoms with Crippen LogP contribution in [0.25, 0.3) is 0 Å². The summed E-state index contributed by atoms with van der Waals surface area (Å²) in [6.45, 7) is 9.54. The van der Waals surface area contributed by atoms with Gasteiger partial charge in [-0.05, 0) is 20.8 Å². The molecule has 4 nitrogen and oxygen atoms in total. The molecule has 0 unspecified atom stereocenters. The lowest BCUT2D eigenvalue weighted by Crippen LogP contribution is -2.72. The molecular formula is C11H21N3O. The van der Waals surface area contributed by atoms with E-state index >= 15 is 0 Å². The zero-order chi connectivity index (χ0) is 11.4. The van der Waals surface area contributed by atoms with Gasteiger partial charge in [-0.1, -0.05) is 0 Å². The van der Waals surface area contributed by atoms with Gasteiger partial charge in [-0.15, -0.1) is 0 Å². The number of hydrogen-bond donors (Lipinski definition) is 0. The summed E-state index contributed by atoms with van der Waals surface area (Å²) in [6, 6.07) is 0.156. The molecule has 0 bridgehead atoms. The molecule has 2 heterocycles. The molecule has 1 spiro atoms. The number of rotatable bonds is 0. The lowest BCUT2D eigenvalue weighted by atomic mass is 9.85. The van der Waals surface area contributed by atoms with Crippen molar-refractivity contribution in [1.82, 2.24) is 14.7 Å². The summed E-state index contributed by atoms with van der Waals surface area (Å²) in [6.07, 6.45) is 0. The van der Waals surface area contributed by atoms with Crippen molar-refractivity contribution in [2.45, 2.75) is 31.8 Å². The Labute approximate surface area is 91.8 Å². The maximum absolute atomic E-state index is 11.7. The highest BCUT2D eigenvalue weighted by Crippen LogP contribution is 2.36. The third-order valence-electron chi connectivity index (χ3n) is 3.78. The number of carbonyl (C=O) groups is 1. The monoisotopic (exact) mass is 211 g/mol. The van der Waals surface area contributed by atoms with E-state index in [9.17, 15) is 4.79 Å². The topological polar surface area (TPSA) is 26.8 Å². The summed E-state index contributed by atoms with van der Waals surface area (Å²) in [4.78, 5) is 17.9. The molecule has 2 rings (SSSR count). The van der Waals surface area contributed by atoms with Gasteiger partial charge in [-0.25, -0.2) is 4.79 Å². The predicted molar refractivity (Wildman–Crippen MR) is 59.8 cm³/mol. The number of hydrogen-bond acceptors (Lipinski definition) is 2. The highest BCUT2D eigenvalue weighted by atomic mass is 16.2. The molecule has 0 saturated carbocycles. The third-order valence-corrected chi connectivity index (χ3v) is 3.78. The number of likely N-dealkylation sites (tertiary alicyclic amines) is 1. The normalized spacial score (nSPS) is 26.3. The van der Waals surface area contributed by atoms with Gasteiger partial charge in [-0.2, -0.15) is 0 Å². The van der Waals surface area contributed by atoms with Gasteiger partial charge in [0.25, 0.3) is 0 Å². The first-order valence-electron chi connectivity index (χ1n) is 5.50. The first kappa shape index (κ1) is 10.7. The minimum absolute atomic E-state index is 0.0825. The van der Waals surface area contributed by atoms with Crippen molar-refractivity contribution in [1.29, 1.82) is 0 Å². The van der Waals surface area contributed by atoms with E-state index in [1.54, 1.807) is 0 Å². The summed E-state index contributed by atoms with van der Waals surface area (Å²) >= 11 is 0. The summed E-state index contributed by atoms with van der Waals surface area (Å²) in [7, 11) is 3.80. The Balaban J connectivity index is 2.06. The van der Waals surface area contributed by atoms with Crippen LogP contribution in [0.5, 0.6) is 0 Å². The average molecular weight is 211 g/mol. The number of urea groups is 1. The van der Waals surface area contributed by atoms with Crippen LogP contribution in [0.1, 0.15) is 20.8 Å². The smallest absolute Gasteiger partial charge is 0.320 e. The Morgan fingerprint density at radius 1 is 1.13 bits per heavy atom. The number of nitrogens with zero attached hydrogens (tertiary/aromatic N) is 3. The molecule has 0 aliphatic carbocycles. The highest BCUT2D eigenvalue weighted by molar-refractivity contribution is 5.78. The Bertz CT molecular complexity index is 289. The first-order valence-corrected chi connectivity index (χ1v) is 5.50. The lowest BCUT2D eigenvalue weighted by molar-refractivity contribution is -0.0523. The molecule has 0 aromatic rings. The minimum Gasteiger partial charge on any atom is -0.325 e. The van der Waals surface area contributed by atoms with Crippen molar-refractivity contribution in [3.05, 3.63) is 0 Å². The van der Waals surface area contributed by atoms with Crippen molar-refractivity contribution >= 4 is 6.03 Å². The Kier molecular flexibility index (Phi) is 2.06. The van der Waals surface area contributed by atoms with E-state index < -0.39 is 0 Å². The molecule has 0 N–H and O–H groups in total. The number of likely N-dealkylation sites (N-methyl/N-ethyl adjacent to an activating group) is 2. The Morgan fingerprint density at radius 2 is 1.67 bits per heavy atom. The van der Waals surface area contributed by atoms with Gasteiger partial charge in [-0.3, -0.25) is 4.90 Å². The minimum atomic E-state index is 0.0825. The van der Waals surface area contributed by atoms with Crippen LogP contribution < -0.4 is 0 Å². The second-order valence-electron chi connectivity index (χ2n) is 5.95. The van der Waals surface area contributed by atoms with Gasteiger partial charge in [0.2, 0.25) is 0 Å². The van der Waals surface area contributed by atoms with Crippen LogP contribution in [0, 0.1) is 0 Å². The Hall–Kier alpha value is -0.770. The second-order valence-corrected chi connectivity index (χ2v) is 5.95. The fourth-order valence-electron chi connectivity index (χ4n) is 2.52. The number of carbonyl (C=O) groups excluding carboxylic acids is 1. The fraction of sp³-hybridized carbons (Fsp3) is 0.909. The average Bonchev–Trinajstić information content (AvgIpc) is 2.25.